The number of rotatable bonds is 5. The first kappa shape index (κ1) is 23.1. The van der Waals surface area contributed by atoms with Gasteiger partial charge in [0.15, 0.2) is 0 Å². The summed E-state index contributed by atoms with van der Waals surface area (Å²) >= 11 is 0. The zero-order chi connectivity index (χ0) is 24.6. The Kier molecular flexibility index (Phi) is 6.16. The van der Waals surface area contributed by atoms with Gasteiger partial charge in [-0.2, -0.15) is 0 Å². The van der Waals surface area contributed by atoms with Crippen LogP contribution < -0.4 is 14.4 Å². The summed E-state index contributed by atoms with van der Waals surface area (Å²) in [7, 11) is 3.07. The van der Waals surface area contributed by atoms with Gasteiger partial charge in [0.05, 0.1) is 31.4 Å². The summed E-state index contributed by atoms with van der Waals surface area (Å²) in [6.45, 7) is 5.76. The van der Waals surface area contributed by atoms with E-state index in [9.17, 15) is 14.7 Å². The summed E-state index contributed by atoms with van der Waals surface area (Å²) in [5.41, 5.74) is 4.45. The van der Waals surface area contributed by atoms with Gasteiger partial charge in [-0.1, -0.05) is 29.8 Å². The molecule has 4 rings (SSSR count). The van der Waals surface area contributed by atoms with Crippen molar-refractivity contribution in [3.63, 3.8) is 0 Å². The Bertz CT molecular complexity index is 1290. The van der Waals surface area contributed by atoms with E-state index < -0.39 is 17.7 Å². The van der Waals surface area contributed by atoms with Crippen LogP contribution in [-0.4, -0.2) is 31.0 Å². The first-order valence-electron chi connectivity index (χ1n) is 10.9. The molecule has 0 spiro atoms. The highest BCUT2D eigenvalue weighted by molar-refractivity contribution is 6.51. The van der Waals surface area contributed by atoms with E-state index >= 15 is 0 Å². The normalized spacial score (nSPS) is 17.2. The fraction of sp³-hybridized carbons (Fsp3) is 0.214. The maximum Gasteiger partial charge on any atom is 0.300 e. The van der Waals surface area contributed by atoms with Crippen LogP contribution in [0.5, 0.6) is 11.5 Å². The van der Waals surface area contributed by atoms with Gasteiger partial charge in [0.2, 0.25) is 0 Å². The molecule has 3 aromatic carbocycles. The molecule has 34 heavy (non-hydrogen) atoms. The Morgan fingerprint density at radius 2 is 1.47 bits per heavy atom. The summed E-state index contributed by atoms with van der Waals surface area (Å²) in [5, 5.41) is 11.4. The zero-order valence-corrected chi connectivity index (χ0v) is 19.9. The van der Waals surface area contributed by atoms with Crippen LogP contribution >= 0.6 is 0 Å². The molecular weight excluding hydrogens is 430 g/mol. The molecule has 174 valence electrons. The number of nitrogens with zero attached hydrogens (tertiary/aromatic N) is 1. The molecule has 3 aromatic rings. The van der Waals surface area contributed by atoms with Crippen LogP contribution in [0, 0.1) is 20.8 Å². The second-order valence-electron chi connectivity index (χ2n) is 8.49. The molecule has 0 aliphatic carbocycles. The third-order valence-corrected chi connectivity index (χ3v) is 5.97. The summed E-state index contributed by atoms with van der Waals surface area (Å²) in [6, 6.07) is 17.4. The Balaban J connectivity index is 1.99. The van der Waals surface area contributed by atoms with Gasteiger partial charge in [0.25, 0.3) is 11.7 Å². The van der Waals surface area contributed by atoms with Crippen LogP contribution in [0.3, 0.4) is 0 Å². The van der Waals surface area contributed by atoms with E-state index in [2.05, 4.69) is 0 Å². The zero-order valence-electron chi connectivity index (χ0n) is 19.9. The van der Waals surface area contributed by atoms with Crippen molar-refractivity contribution < 1.29 is 24.2 Å². The molecule has 0 aromatic heterocycles. The molecule has 1 fully saturated rings. The quantitative estimate of drug-likeness (QED) is 0.322. The molecule has 6 heteroatoms. The predicted molar refractivity (Wildman–Crippen MR) is 131 cm³/mol. The number of amides is 1. The minimum Gasteiger partial charge on any atom is -0.507 e. The van der Waals surface area contributed by atoms with E-state index in [1.165, 1.54) is 12.0 Å². The molecule has 0 saturated carbocycles. The van der Waals surface area contributed by atoms with E-state index in [4.69, 9.17) is 9.47 Å². The number of carbonyl (C=O) groups is 2. The summed E-state index contributed by atoms with van der Waals surface area (Å²) in [6.07, 6.45) is 0. The number of hydrogen-bond acceptors (Lipinski definition) is 5. The van der Waals surface area contributed by atoms with Gasteiger partial charge in [-0.15, -0.1) is 0 Å². The monoisotopic (exact) mass is 457 g/mol. The highest BCUT2D eigenvalue weighted by atomic mass is 16.5. The third kappa shape index (κ3) is 4.03. The smallest absolute Gasteiger partial charge is 0.300 e. The highest BCUT2D eigenvalue weighted by Gasteiger charge is 2.47. The van der Waals surface area contributed by atoms with Crippen LogP contribution in [0.2, 0.25) is 0 Å². The molecule has 6 nitrogen and oxygen atoms in total. The average Bonchev–Trinajstić information content (AvgIpc) is 3.08. The van der Waals surface area contributed by atoms with Crippen molar-refractivity contribution in [1.29, 1.82) is 0 Å². The summed E-state index contributed by atoms with van der Waals surface area (Å²) in [5.74, 6) is -0.659. The van der Waals surface area contributed by atoms with Crippen molar-refractivity contribution >= 4 is 23.1 Å². The van der Waals surface area contributed by atoms with Crippen LogP contribution in [0.25, 0.3) is 5.76 Å². The lowest BCUT2D eigenvalue weighted by molar-refractivity contribution is -0.132. The standard InChI is InChI=1S/C28H27NO5/c1-16-6-11-23(34-5)22(15-16)26(30)24-25(19-7-9-21(33-4)10-8-19)29(28(32)27(24)31)20-13-17(2)12-18(3)14-20/h6-15,25,30H,1-5H3/b26-24+. The lowest BCUT2D eigenvalue weighted by atomic mass is 9.94. The molecule has 1 unspecified atom stereocenters. The van der Waals surface area contributed by atoms with E-state index in [0.717, 1.165) is 16.7 Å². The lowest BCUT2D eigenvalue weighted by Crippen LogP contribution is -2.29. The maximum absolute atomic E-state index is 13.4. The van der Waals surface area contributed by atoms with E-state index in [-0.39, 0.29) is 11.3 Å². The average molecular weight is 458 g/mol. The number of ketones is 1. The number of methoxy groups -OCH3 is 2. The largest absolute Gasteiger partial charge is 0.507 e. The number of ether oxygens (including phenoxy) is 2. The Labute approximate surface area is 199 Å². The lowest BCUT2D eigenvalue weighted by Gasteiger charge is -2.26. The number of aryl methyl sites for hydroxylation is 3. The van der Waals surface area contributed by atoms with Crippen LogP contribution in [-0.2, 0) is 9.59 Å². The topological polar surface area (TPSA) is 76.1 Å². The SMILES string of the molecule is COc1ccc(C2/C(=C(\O)c3cc(C)ccc3OC)C(=O)C(=O)N2c2cc(C)cc(C)c2)cc1. The molecular formula is C28H27NO5. The number of anilines is 1. The van der Waals surface area contributed by atoms with Gasteiger partial charge < -0.3 is 14.6 Å². The van der Waals surface area contributed by atoms with Gasteiger partial charge in [0, 0.05) is 5.69 Å². The number of aliphatic hydroxyl groups excluding tert-OH is 1. The Morgan fingerprint density at radius 3 is 2.06 bits per heavy atom. The molecule has 1 atom stereocenters. The van der Waals surface area contributed by atoms with Crippen molar-refractivity contribution in [1.82, 2.24) is 0 Å². The van der Waals surface area contributed by atoms with Crippen molar-refractivity contribution in [3.05, 3.63) is 94.1 Å². The molecule has 0 radical (unpaired) electrons. The van der Waals surface area contributed by atoms with Gasteiger partial charge in [-0.3, -0.25) is 14.5 Å². The fourth-order valence-electron chi connectivity index (χ4n) is 4.44. The Hall–Kier alpha value is -4.06. The van der Waals surface area contributed by atoms with Crippen molar-refractivity contribution in [2.45, 2.75) is 26.8 Å². The predicted octanol–water partition coefficient (Wildman–Crippen LogP) is 5.26. The molecule has 1 amide bonds. The summed E-state index contributed by atoms with van der Waals surface area (Å²) < 4.78 is 10.7. The van der Waals surface area contributed by atoms with E-state index in [1.807, 2.05) is 45.0 Å². The van der Waals surface area contributed by atoms with Gasteiger partial charge in [0.1, 0.15) is 17.3 Å². The molecule has 1 aliphatic rings. The number of aliphatic hydroxyl groups is 1. The number of hydrogen-bond donors (Lipinski definition) is 1. The van der Waals surface area contributed by atoms with Crippen molar-refractivity contribution in [2.24, 2.45) is 0 Å². The summed E-state index contributed by atoms with van der Waals surface area (Å²) in [4.78, 5) is 28.2. The molecule has 1 aliphatic heterocycles. The number of benzene rings is 3. The fourth-order valence-corrected chi connectivity index (χ4v) is 4.44. The highest BCUT2D eigenvalue weighted by Crippen LogP contribution is 2.44. The van der Waals surface area contributed by atoms with Crippen LogP contribution in [0.4, 0.5) is 5.69 Å². The first-order valence-corrected chi connectivity index (χ1v) is 10.9. The minimum atomic E-state index is -0.822. The van der Waals surface area contributed by atoms with E-state index in [0.29, 0.717) is 28.3 Å². The number of carbonyl (C=O) groups excluding carboxylic acids is 2. The van der Waals surface area contributed by atoms with Gasteiger partial charge in [-0.25, -0.2) is 0 Å². The van der Waals surface area contributed by atoms with Gasteiger partial charge in [-0.05, 0) is 73.9 Å². The molecule has 1 saturated heterocycles. The minimum absolute atomic E-state index is 0.0122. The second kappa shape index (κ2) is 9.06. The third-order valence-electron chi connectivity index (χ3n) is 5.97. The van der Waals surface area contributed by atoms with Crippen LogP contribution in [0.15, 0.2) is 66.2 Å². The van der Waals surface area contributed by atoms with Gasteiger partial charge >= 0.3 is 0 Å². The van der Waals surface area contributed by atoms with Crippen LogP contribution in [0.1, 0.15) is 33.9 Å². The number of Topliss-reactive ketones (excluding diaryl/α,β-unsaturated/α-hetero) is 1. The van der Waals surface area contributed by atoms with E-state index in [1.54, 1.807) is 43.5 Å². The Morgan fingerprint density at radius 1 is 0.824 bits per heavy atom. The molecule has 1 heterocycles. The van der Waals surface area contributed by atoms with Crippen molar-refractivity contribution in [3.8, 4) is 11.5 Å². The first-order chi connectivity index (χ1) is 16.2. The van der Waals surface area contributed by atoms with Crippen molar-refractivity contribution in [2.75, 3.05) is 19.1 Å². The molecule has 0 bridgehead atoms. The second-order valence-corrected chi connectivity index (χ2v) is 8.49. The maximum atomic E-state index is 13.4. The molecule has 1 N–H and O–H groups in total.